The van der Waals surface area contributed by atoms with E-state index in [-0.39, 0.29) is 0 Å². The van der Waals surface area contributed by atoms with Crippen LogP contribution in [0.4, 0.5) is 0 Å². The quantitative estimate of drug-likeness (QED) is 0.644. The van der Waals surface area contributed by atoms with Crippen LogP contribution < -0.4 is 10.5 Å². The Bertz CT molecular complexity index is 537. The van der Waals surface area contributed by atoms with Gasteiger partial charge in [0.1, 0.15) is 11.4 Å². The summed E-state index contributed by atoms with van der Waals surface area (Å²) in [6.07, 6.45) is 0. The average Bonchev–Trinajstić information content (AvgIpc) is 2.38. The van der Waals surface area contributed by atoms with Gasteiger partial charge in [-0.1, -0.05) is 23.7 Å². The lowest BCUT2D eigenvalue weighted by molar-refractivity contribution is 0.564. The minimum atomic E-state index is -1.28. The van der Waals surface area contributed by atoms with Crippen molar-refractivity contribution in [2.45, 2.75) is 44.9 Å². The topological polar surface area (TPSA) is 67.5 Å². The van der Waals surface area contributed by atoms with E-state index in [1.54, 1.807) is 12.1 Å². The summed E-state index contributed by atoms with van der Waals surface area (Å²) < 4.78 is 15.2. The fourth-order valence-corrected chi connectivity index (χ4v) is 2.73. The summed E-state index contributed by atoms with van der Waals surface area (Å²) in [5.74, 6) is 0.407. The molecule has 1 aromatic carbocycles. The number of amidine groups is 1. The van der Waals surface area contributed by atoms with Gasteiger partial charge in [0, 0.05) is 11.6 Å². The van der Waals surface area contributed by atoms with E-state index in [2.05, 4.69) is 9.71 Å². The summed E-state index contributed by atoms with van der Waals surface area (Å²) in [6.45, 7) is 10.1. The van der Waals surface area contributed by atoms with E-state index in [1.165, 1.54) is 0 Å². The van der Waals surface area contributed by atoms with E-state index in [4.69, 9.17) is 17.3 Å². The van der Waals surface area contributed by atoms with Crippen LogP contribution in [0.25, 0.3) is 0 Å². The second-order valence-corrected chi connectivity index (χ2v) is 8.38. The van der Waals surface area contributed by atoms with E-state index in [0.29, 0.717) is 17.4 Å². The van der Waals surface area contributed by atoms with Crippen molar-refractivity contribution in [3.05, 3.63) is 34.9 Å². The molecule has 0 bridgehead atoms. The van der Waals surface area contributed by atoms with Crippen molar-refractivity contribution in [1.29, 1.82) is 0 Å². The molecule has 2 atom stereocenters. The molecule has 1 rings (SSSR count). The third-order valence-electron chi connectivity index (χ3n) is 3.12. The van der Waals surface area contributed by atoms with E-state index in [0.717, 1.165) is 5.56 Å². The fraction of sp³-hybridized carbons (Fsp3) is 0.533. The largest absolute Gasteiger partial charge is 0.386 e. The second-order valence-electron chi connectivity index (χ2n) is 5.97. The zero-order valence-corrected chi connectivity index (χ0v) is 14.8. The Morgan fingerprint density at radius 2 is 1.81 bits per heavy atom. The average molecular weight is 330 g/mol. The zero-order chi connectivity index (χ0) is 16.3. The maximum atomic E-state index is 12.5. The number of aliphatic imine (C=N–C) groups is 1. The molecule has 0 radical (unpaired) electrons. The van der Waals surface area contributed by atoms with E-state index in [1.807, 2.05) is 46.8 Å². The van der Waals surface area contributed by atoms with Crippen molar-refractivity contribution in [2.75, 3.05) is 6.54 Å². The molecule has 0 fully saturated rings. The number of nitrogens with zero attached hydrogens (tertiary/aromatic N) is 1. The highest BCUT2D eigenvalue weighted by Gasteiger charge is 2.35. The highest BCUT2D eigenvalue weighted by atomic mass is 35.5. The summed E-state index contributed by atoms with van der Waals surface area (Å²) >= 11 is 5.94. The molecule has 3 N–H and O–H groups in total. The Labute approximate surface area is 134 Å². The van der Waals surface area contributed by atoms with Crippen molar-refractivity contribution < 1.29 is 4.21 Å². The number of benzene rings is 1. The Balaban J connectivity index is 3.27. The molecule has 4 nitrogen and oxygen atoms in total. The van der Waals surface area contributed by atoms with Gasteiger partial charge in [0.15, 0.2) is 0 Å². The lowest BCUT2D eigenvalue weighted by atomic mass is 9.92. The maximum absolute atomic E-state index is 12.5. The molecule has 0 aliphatic heterocycles. The molecule has 0 aliphatic carbocycles. The van der Waals surface area contributed by atoms with Crippen LogP contribution in [0, 0.1) is 0 Å². The summed E-state index contributed by atoms with van der Waals surface area (Å²) in [6, 6.07) is 7.31. The first-order valence-electron chi connectivity index (χ1n) is 6.87. The molecule has 0 spiro atoms. The van der Waals surface area contributed by atoms with Gasteiger partial charge in [-0.25, -0.2) is 8.93 Å². The van der Waals surface area contributed by atoms with Crippen LogP contribution in [0.5, 0.6) is 0 Å². The van der Waals surface area contributed by atoms with Gasteiger partial charge in [-0.05, 0) is 52.3 Å². The molecule has 0 saturated heterocycles. The summed E-state index contributed by atoms with van der Waals surface area (Å²) in [5.41, 5.74) is 6.21. The van der Waals surface area contributed by atoms with Crippen molar-refractivity contribution in [2.24, 2.45) is 10.7 Å². The van der Waals surface area contributed by atoms with Crippen LogP contribution in [-0.2, 0) is 16.5 Å². The summed E-state index contributed by atoms with van der Waals surface area (Å²) in [5, 5.41) is 0.643. The third-order valence-corrected chi connectivity index (χ3v) is 5.07. The molecule has 0 aromatic heterocycles. The van der Waals surface area contributed by atoms with Crippen molar-refractivity contribution in [1.82, 2.24) is 4.72 Å². The van der Waals surface area contributed by atoms with Gasteiger partial charge in [0.25, 0.3) is 0 Å². The number of hydrogen-bond acceptors (Lipinski definition) is 2. The SMILES string of the molecule is CCN=C(N)[C@@](C)(N[S@@](=O)C(C)(C)C)c1ccc(Cl)cc1. The molecule has 0 aliphatic rings. The number of halogens is 1. The number of rotatable bonds is 5. The van der Waals surface area contributed by atoms with Gasteiger partial charge in [-0.2, -0.15) is 0 Å². The van der Waals surface area contributed by atoms with Crippen LogP contribution in [0.1, 0.15) is 40.2 Å². The minimum Gasteiger partial charge on any atom is -0.386 e. The number of nitrogens with two attached hydrogens (primary N) is 1. The molecule has 0 unspecified atom stereocenters. The van der Waals surface area contributed by atoms with Gasteiger partial charge in [0.05, 0.1) is 15.7 Å². The molecule has 1 aromatic rings. The first-order valence-corrected chi connectivity index (χ1v) is 8.40. The van der Waals surface area contributed by atoms with Crippen molar-refractivity contribution >= 4 is 28.4 Å². The van der Waals surface area contributed by atoms with Gasteiger partial charge in [-0.15, -0.1) is 0 Å². The lowest BCUT2D eigenvalue weighted by Gasteiger charge is -2.33. The smallest absolute Gasteiger partial charge is 0.119 e. The highest BCUT2D eigenvalue weighted by molar-refractivity contribution is 7.84. The molecular formula is C15H24ClN3OS. The normalized spacial score (nSPS) is 17.3. The van der Waals surface area contributed by atoms with Crippen LogP contribution in [0.15, 0.2) is 29.3 Å². The minimum absolute atomic E-state index is 0.403. The van der Waals surface area contributed by atoms with Gasteiger partial charge < -0.3 is 5.73 Å². The predicted octanol–water partition coefficient (Wildman–Crippen LogP) is 2.98. The van der Waals surface area contributed by atoms with Gasteiger partial charge in [-0.3, -0.25) is 4.99 Å². The van der Waals surface area contributed by atoms with Gasteiger partial charge in [0.2, 0.25) is 0 Å². The first kappa shape index (κ1) is 18.1. The monoisotopic (exact) mass is 329 g/mol. The Kier molecular flexibility index (Phi) is 5.96. The molecule has 0 amide bonds. The molecule has 118 valence electrons. The van der Waals surface area contributed by atoms with E-state index < -0.39 is 21.3 Å². The lowest BCUT2D eigenvalue weighted by Crippen LogP contribution is -2.54. The highest BCUT2D eigenvalue weighted by Crippen LogP contribution is 2.25. The fourth-order valence-electron chi connectivity index (χ4n) is 1.71. The van der Waals surface area contributed by atoms with Crippen LogP contribution in [0.3, 0.4) is 0 Å². The Morgan fingerprint density at radius 1 is 1.29 bits per heavy atom. The van der Waals surface area contributed by atoms with Crippen molar-refractivity contribution in [3.8, 4) is 0 Å². The van der Waals surface area contributed by atoms with Crippen LogP contribution in [0.2, 0.25) is 5.02 Å². The summed E-state index contributed by atoms with van der Waals surface area (Å²) in [7, 11) is -1.28. The standard InChI is InChI=1S/C15H24ClN3OS/c1-6-18-13(17)15(5,19-21(20)14(2,3)4)11-7-9-12(16)10-8-11/h7-10,19H,6H2,1-5H3,(H2,17,18)/t15-,21-/m0/s1. The maximum Gasteiger partial charge on any atom is 0.119 e. The Morgan fingerprint density at radius 3 is 2.24 bits per heavy atom. The Hall–Kier alpha value is -0.910. The van der Waals surface area contributed by atoms with E-state index in [9.17, 15) is 4.21 Å². The first-order chi connectivity index (χ1) is 9.61. The predicted molar refractivity (Wildman–Crippen MR) is 92.0 cm³/mol. The van der Waals surface area contributed by atoms with Gasteiger partial charge >= 0.3 is 0 Å². The number of nitrogens with one attached hydrogen (secondary N) is 1. The molecular weight excluding hydrogens is 306 g/mol. The van der Waals surface area contributed by atoms with Crippen LogP contribution >= 0.6 is 11.6 Å². The second kappa shape index (κ2) is 6.90. The molecule has 0 heterocycles. The van der Waals surface area contributed by atoms with Crippen LogP contribution in [-0.4, -0.2) is 21.3 Å². The van der Waals surface area contributed by atoms with Crippen molar-refractivity contribution in [3.63, 3.8) is 0 Å². The molecule has 0 saturated carbocycles. The molecule has 21 heavy (non-hydrogen) atoms. The number of hydrogen-bond donors (Lipinski definition) is 2. The molecule has 6 heteroatoms. The zero-order valence-electron chi connectivity index (χ0n) is 13.2. The van der Waals surface area contributed by atoms with E-state index >= 15 is 0 Å². The summed E-state index contributed by atoms with van der Waals surface area (Å²) in [4.78, 5) is 4.30. The third kappa shape index (κ3) is 4.53.